The zero-order valence-corrected chi connectivity index (χ0v) is 14.2. The van der Waals surface area contributed by atoms with Crippen molar-refractivity contribution < 1.29 is 9.18 Å². The van der Waals surface area contributed by atoms with Gasteiger partial charge in [0.25, 0.3) is 0 Å². The Morgan fingerprint density at radius 1 is 1.27 bits per heavy atom. The lowest BCUT2D eigenvalue weighted by atomic mass is 10.0. The van der Waals surface area contributed by atoms with Gasteiger partial charge in [0.15, 0.2) is 0 Å². The van der Waals surface area contributed by atoms with Crippen LogP contribution in [0.4, 0.5) is 4.39 Å². The van der Waals surface area contributed by atoms with Crippen molar-refractivity contribution in [3.63, 3.8) is 0 Å². The van der Waals surface area contributed by atoms with Crippen LogP contribution in [0.5, 0.6) is 0 Å². The third-order valence-electron chi connectivity index (χ3n) is 4.81. The zero-order chi connectivity index (χ0) is 17.9. The number of halogens is 1. The van der Waals surface area contributed by atoms with Crippen molar-refractivity contribution in [3.05, 3.63) is 72.1 Å². The van der Waals surface area contributed by atoms with Crippen LogP contribution < -0.4 is 0 Å². The molecule has 0 bridgehead atoms. The lowest BCUT2D eigenvalue weighted by Gasteiger charge is -2.25. The monoisotopic (exact) mass is 350 g/mol. The molecule has 1 aliphatic rings. The van der Waals surface area contributed by atoms with Gasteiger partial charge in [-0.3, -0.25) is 14.9 Å². The van der Waals surface area contributed by atoms with Crippen molar-refractivity contribution in [2.45, 2.75) is 25.3 Å². The molecule has 2 aromatic heterocycles. The van der Waals surface area contributed by atoms with Gasteiger partial charge in [0.1, 0.15) is 5.82 Å². The maximum atomic E-state index is 13.4. The highest BCUT2D eigenvalue weighted by Gasteiger charge is 2.32. The summed E-state index contributed by atoms with van der Waals surface area (Å²) in [6.45, 7) is 0.702. The maximum absolute atomic E-state index is 13.4. The summed E-state index contributed by atoms with van der Waals surface area (Å²) < 4.78 is 13.4. The first-order valence-electron chi connectivity index (χ1n) is 8.70. The number of carbonyl (C=O) groups excluding carboxylic acids is 1. The number of hydrogen-bond donors (Lipinski definition) is 1. The van der Waals surface area contributed by atoms with E-state index in [1.54, 1.807) is 30.7 Å². The van der Waals surface area contributed by atoms with E-state index >= 15 is 0 Å². The summed E-state index contributed by atoms with van der Waals surface area (Å²) >= 11 is 0. The summed E-state index contributed by atoms with van der Waals surface area (Å²) in [4.78, 5) is 18.8. The number of benzene rings is 1. The molecule has 1 saturated heterocycles. The number of likely N-dealkylation sites (tertiary alicyclic amines) is 1. The van der Waals surface area contributed by atoms with Crippen LogP contribution in [0.15, 0.2) is 55.0 Å². The van der Waals surface area contributed by atoms with Gasteiger partial charge in [-0.2, -0.15) is 5.10 Å². The van der Waals surface area contributed by atoms with E-state index in [4.69, 9.17) is 0 Å². The van der Waals surface area contributed by atoms with Crippen molar-refractivity contribution in [2.24, 2.45) is 0 Å². The van der Waals surface area contributed by atoms with Crippen molar-refractivity contribution in [3.8, 4) is 11.1 Å². The van der Waals surface area contributed by atoms with Crippen molar-refractivity contribution in [2.75, 3.05) is 6.54 Å². The molecule has 1 N–H and O–H groups in total. The molecule has 1 atom stereocenters. The van der Waals surface area contributed by atoms with E-state index in [1.165, 1.54) is 12.1 Å². The first-order chi connectivity index (χ1) is 12.7. The molecule has 4 rings (SSSR count). The topological polar surface area (TPSA) is 61.9 Å². The molecule has 0 aliphatic carbocycles. The Kier molecular flexibility index (Phi) is 4.48. The van der Waals surface area contributed by atoms with Crippen LogP contribution in [0.25, 0.3) is 11.1 Å². The Hall–Kier alpha value is -3.02. The van der Waals surface area contributed by atoms with Gasteiger partial charge < -0.3 is 4.90 Å². The smallest absolute Gasteiger partial charge is 0.227 e. The van der Waals surface area contributed by atoms with E-state index in [1.807, 2.05) is 17.0 Å². The van der Waals surface area contributed by atoms with Crippen molar-refractivity contribution >= 4 is 5.91 Å². The molecule has 1 aromatic carbocycles. The zero-order valence-electron chi connectivity index (χ0n) is 14.2. The minimum Gasteiger partial charge on any atom is -0.334 e. The van der Waals surface area contributed by atoms with Crippen LogP contribution in [-0.4, -0.2) is 32.5 Å². The molecule has 26 heavy (non-hydrogen) atoms. The molecule has 0 radical (unpaired) electrons. The molecule has 3 aromatic rings. The molecule has 3 heterocycles. The highest BCUT2D eigenvalue weighted by Crippen LogP contribution is 2.36. The first kappa shape index (κ1) is 16.4. The summed E-state index contributed by atoms with van der Waals surface area (Å²) in [6, 6.07) is 10.0. The van der Waals surface area contributed by atoms with Gasteiger partial charge in [-0.25, -0.2) is 4.39 Å². The van der Waals surface area contributed by atoms with Gasteiger partial charge in [0, 0.05) is 24.5 Å². The summed E-state index contributed by atoms with van der Waals surface area (Å²) in [7, 11) is 0. The van der Waals surface area contributed by atoms with Gasteiger partial charge in [0.05, 0.1) is 24.4 Å². The van der Waals surface area contributed by atoms with Crippen LogP contribution in [0.3, 0.4) is 0 Å². The lowest BCUT2D eigenvalue weighted by Crippen LogP contribution is -2.32. The molecule has 0 spiro atoms. The van der Waals surface area contributed by atoms with Gasteiger partial charge >= 0.3 is 0 Å². The molecule has 5 nitrogen and oxygen atoms in total. The summed E-state index contributed by atoms with van der Waals surface area (Å²) in [5.41, 5.74) is 3.65. The molecular formula is C20H19FN4O. The fourth-order valence-corrected chi connectivity index (χ4v) is 3.60. The van der Waals surface area contributed by atoms with E-state index in [-0.39, 0.29) is 24.2 Å². The predicted octanol–water partition coefficient (Wildman–Crippen LogP) is 3.52. The molecule has 6 heteroatoms. The van der Waals surface area contributed by atoms with Crippen molar-refractivity contribution in [1.82, 2.24) is 20.1 Å². The van der Waals surface area contributed by atoms with Gasteiger partial charge in [-0.1, -0.05) is 12.1 Å². The third kappa shape index (κ3) is 3.22. The van der Waals surface area contributed by atoms with Crippen LogP contribution in [-0.2, 0) is 11.2 Å². The summed E-state index contributed by atoms with van der Waals surface area (Å²) in [5.74, 6) is -0.310. The average molecular weight is 350 g/mol. The number of pyridine rings is 1. The number of nitrogens with one attached hydrogen (secondary N) is 1. The normalized spacial score (nSPS) is 16.8. The second-order valence-electron chi connectivity index (χ2n) is 6.49. The van der Waals surface area contributed by atoms with Crippen LogP contribution in [0.2, 0.25) is 0 Å². The summed E-state index contributed by atoms with van der Waals surface area (Å²) in [5, 5.41) is 7.28. The lowest BCUT2D eigenvalue weighted by molar-refractivity contribution is -0.131. The maximum Gasteiger partial charge on any atom is 0.227 e. The number of nitrogens with zero attached hydrogens (tertiary/aromatic N) is 3. The number of amides is 1. The van der Waals surface area contributed by atoms with E-state index in [2.05, 4.69) is 15.2 Å². The first-order valence-corrected chi connectivity index (χ1v) is 8.70. The molecule has 1 fully saturated rings. The van der Waals surface area contributed by atoms with Crippen LogP contribution in [0.1, 0.15) is 30.1 Å². The quantitative estimate of drug-likeness (QED) is 0.783. The molecule has 1 amide bonds. The third-order valence-corrected chi connectivity index (χ3v) is 4.81. The number of aromatic nitrogens is 3. The molecular weight excluding hydrogens is 331 g/mol. The number of aromatic amines is 1. The second kappa shape index (κ2) is 7.07. The predicted molar refractivity (Wildman–Crippen MR) is 95.6 cm³/mol. The SMILES string of the molecule is O=C(Cc1cccc(F)c1)N1CCC[C@H]1c1[nH]ncc1-c1ccncc1. The second-order valence-corrected chi connectivity index (χ2v) is 6.49. The molecule has 0 saturated carbocycles. The Balaban J connectivity index is 1.58. The highest BCUT2D eigenvalue weighted by atomic mass is 19.1. The molecule has 0 unspecified atom stereocenters. The standard InChI is InChI=1S/C20H19FN4O/c21-16-4-1-3-14(11-16)12-19(26)25-10-2-5-18(25)20-17(13-23-24-20)15-6-8-22-9-7-15/h1,3-4,6-9,11,13,18H,2,5,10,12H2,(H,23,24)/t18-/m0/s1. The van der Waals surface area contributed by atoms with Gasteiger partial charge in [-0.15, -0.1) is 0 Å². The minimum atomic E-state index is -0.318. The number of hydrogen-bond acceptors (Lipinski definition) is 3. The van der Waals surface area contributed by atoms with Gasteiger partial charge in [0.2, 0.25) is 5.91 Å². The Morgan fingerprint density at radius 3 is 2.92 bits per heavy atom. The molecule has 132 valence electrons. The molecule has 1 aliphatic heterocycles. The Labute approximate surface area is 150 Å². The Bertz CT molecular complexity index is 909. The van der Waals surface area contributed by atoms with E-state index in [0.29, 0.717) is 12.1 Å². The van der Waals surface area contributed by atoms with Gasteiger partial charge in [-0.05, 0) is 48.2 Å². The summed E-state index contributed by atoms with van der Waals surface area (Å²) in [6.07, 6.45) is 7.30. The average Bonchev–Trinajstić information content (AvgIpc) is 3.31. The van der Waals surface area contributed by atoms with E-state index in [0.717, 1.165) is 29.7 Å². The largest absolute Gasteiger partial charge is 0.334 e. The Morgan fingerprint density at radius 2 is 2.12 bits per heavy atom. The fraction of sp³-hybridized carbons (Fsp3) is 0.250. The number of rotatable bonds is 4. The minimum absolute atomic E-state index is 0.00776. The number of carbonyl (C=O) groups is 1. The highest BCUT2D eigenvalue weighted by molar-refractivity contribution is 5.80. The van der Waals surface area contributed by atoms with E-state index < -0.39 is 0 Å². The van der Waals surface area contributed by atoms with Crippen LogP contribution in [0, 0.1) is 5.82 Å². The van der Waals surface area contributed by atoms with Crippen molar-refractivity contribution in [1.29, 1.82) is 0 Å². The van der Waals surface area contributed by atoms with Crippen LogP contribution >= 0.6 is 0 Å². The van der Waals surface area contributed by atoms with E-state index in [9.17, 15) is 9.18 Å². The number of H-pyrrole nitrogens is 1. The fourth-order valence-electron chi connectivity index (χ4n) is 3.60.